The first-order chi connectivity index (χ1) is 30.2. The number of carbonyl (C=O) groups is 2. The van der Waals surface area contributed by atoms with E-state index in [0.717, 1.165) is 80.0 Å². The van der Waals surface area contributed by atoms with Crippen LogP contribution in [0.15, 0.2) is 59.3 Å². The Morgan fingerprint density at radius 3 is 2.32 bits per heavy atom. The van der Waals surface area contributed by atoms with E-state index in [1.54, 1.807) is 13.3 Å². The summed E-state index contributed by atoms with van der Waals surface area (Å²) in [7, 11) is -2.11. The van der Waals surface area contributed by atoms with E-state index >= 15 is 8.78 Å². The Hall–Kier alpha value is -5.24. The van der Waals surface area contributed by atoms with Crippen LogP contribution in [0.3, 0.4) is 0 Å². The van der Waals surface area contributed by atoms with Crippen molar-refractivity contribution in [3.8, 4) is 5.75 Å². The Labute approximate surface area is 372 Å². The summed E-state index contributed by atoms with van der Waals surface area (Å²) in [6, 6.07) is 11.3. The molecular formula is C44H49BrF3N9O5S. The van der Waals surface area contributed by atoms with Crippen LogP contribution < -0.4 is 25.6 Å². The summed E-state index contributed by atoms with van der Waals surface area (Å²) in [5.41, 5.74) is 3.69. The Balaban J connectivity index is 0.869. The minimum atomic E-state index is -3.73. The Morgan fingerprint density at radius 2 is 1.65 bits per heavy atom. The fourth-order valence-electron chi connectivity index (χ4n) is 8.99. The molecular weight excluding hydrogens is 904 g/mol. The predicted molar refractivity (Wildman–Crippen MR) is 239 cm³/mol. The van der Waals surface area contributed by atoms with Gasteiger partial charge in [0.2, 0.25) is 27.8 Å². The number of piperidine rings is 2. The molecule has 3 N–H and O–H groups in total. The molecule has 8 rings (SSSR count). The van der Waals surface area contributed by atoms with Gasteiger partial charge in [0, 0.05) is 93.4 Å². The zero-order valence-corrected chi connectivity index (χ0v) is 37.6. The van der Waals surface area contributed by atoms with Crippen molar-refractivity contribution in [3.63, 3.8) is 0 Å². The summed E-state index contributed by atoms with van der Waals surface area (Å²) < 4.78 is 77.3. The molecule has 5 heterocycles. The van der Waals surface area contributed by atoms with Gasteiger partial charge in [-0.05, 0) is 95.6 Å². The first kappa shape index (κ1) is 44.4. The van der Waals surface area contributed by atoms with Gasteiger partial charge in [-0.15, -0.1) is 0 Å². The van der Waals surface area contributed by atoms with E-state index in [0.29, 0.717) is 52.0 Å². The number of anilines is 5. The number of hydrogen-bond donors (Lipinski definition) is 3. The molecule has 14 nitrogen and oxygen atoms in total. The number of amides is 2. The number of nitrogens with one attached hydrogen (secondary N) is 3. The maximum absolute atomic E-state index is 15.1. The van der Waals surface area contributed by atoms with E-state index in [9.17, 15) is 22.4 Å². The number of methoxy groups -OCH3 is 1. The number of hydrogen-bond acceptors (Lipinski definition) is 12. The lowest BCUT2D eigenvalue weighted by molar-refractivity contribution is -0.134. The lowest BCUT2D eigenvalue weighted by Crippen LogP contribution is -2.53. The van der Waals surface area contributed by atoms with Gasteiger partial charge in [-0.3, -0.25) is 19.8 Å². The van der Waals surface area contributed by atoms with Crippen LogP contribution in [0.2, 0.25) is 0 Å². The SMILES string of the molecule is CCc1cc(Nc2ncc(Br)c(Nc3ccc(F)c4ccn(S(C)(=O)=O)c34)n2)c(OC)cc1N1CCC(N2CCN(CCc3cc(F)c(C4CCC(=O)NC4=O)c(F)c3)CC2)CC1. The summed E-state index contributed by atoms with van der Waals surface area (Å²) in [6.45, 7) is 8.08. The van der Waals surface area contributed by atoms with E-state index in [2.05, 4.69) is 69.5 Å². The highest BCUT2D eigenvalue weighted by molar-refractivity contribution is 9.10. The molecule has 0 bridgehead atoms. The topological polar surface area (TPSA) is 154 Å². The molecule has 0 aliphatic carbocycles. The molecule has 3 aliphatic rings. The standard InChI is InChI=1S/C44H49BrF3N9O5S/c1-4-27-23-36(51-44-49-25-31(45)42(53-44)50-35-7-6-32(46)29-12-16-57(41(29)35)63(3,60)61)38(62-2)24-37(27)56-14-10-28(11-15-56)55-19-17-54(18-20-55)13-9-26-21-33(47)40(34(48)22-26)30-5-8-39(58)52-43(30)59/h6-7,12,16,21-25,28,30H,4-5,8-11,13-15,17-20H2,1-3H3,(H,52,58,59)(H2,49,50,51,53). The van der Waals surface area contributed by atoms with Crippen molar-refractivity contribution < 1.29 is 35.9 Å². The van der Waals surface area contributed by atoms with Gasteiger partial charge < -0.3 is 25.2 Å². The molecule has 2 amide bonds. The maximum atomic E-state index is 15.1. The van der Waals surface area contributed by atoms with Crippen molar-refractivity contribution >= 4 is 77.5 Å². The molecule has 0 radical (unpaired) electrons. The van der Waals surface area contributed by atoms with Crippen LogP contribution in [-0.4, -0.2) is 109 Å². The smallest absolute Gasteiger partial charge is 0.236 e. The second-order valence-corrected chi connectivity index (χ2v) is 18.9. The van der Waals surface area contributed by atoms with Crippen LogP contribution in [-0.2, 0) is 32.5 Å². The summed E-state index contributed by atoms with van der Waals surface area (Å²) in [6.07, 6.45) is 7.35. The largest absolute Gasteiger partial charge is 0.494 e. The highest BCUT2D eigenvalue weighted by Gasteiger charge is 2.33. The Bertz CT molecular complexity index is 2650. The normalized spacial score (nSPS) is 18.2. The third kappa shape index (κ3) is 9.51. The molecule has 334 valence electrons. The molecule has 3 aromatic carbocycles. The molecule has 3 aliphatic heterocycles. The second kappa shape index (κ2) is 18.5. The zero-order chi connectivity index (χ0) is 44.6. The second-order valence-electron chi connectivity index (χ2n) is 16.2. The fourth-order valence-corrected chi connectivity index (χ4v) is 10.1. The minimum absolute atomic E-state index is 0.0543. The number of carbonyl (C=O) groups excluding carboxylic acids is 2. The van der Waals surface area contributed by atoms with Crippen LogP contribution in [0.25, 0.3) is 10.9 Å². The van der Waals surface area contributed by atoms with Crippen molar-refractivity contribution in [1.82, 2.24) is 29.1 Å². The molecule has 0 spiro atoms. The number of benzene rings is 3. The van der Waals surface area contributed by atoms with Crippen molar-refractivity contribution in [2.24, 2.45) is 0 Å². The number of aromatic nitrogens is 3. The van der Waals surface area contributed by atoms with Crippen LogP contribution in [0, 0.1) is 17.5 Å². The number of nitrogens with zero attached hydrogens (tertiary/aromatic N) is 6. The van der Waals surface area contributed by atoms with E-state index in [4.69, 9.17) is 4.74 Å². The average molecular weight is 953 g/mol. The summed E-state index contributed by atoms with van der Waals surface area (Å²) >= 11 is 3.48. The molecule has 63 heavy (non-hydrogen) atoms. The monoisotopic (exact) mass is 951 g/mol. The summed E-state index contributed by atoms with van der Waals surface area (Å²) in [5.74, 6) is -2.92. The average Bonchev–Trinajstić information content (AvgIpc) is 3.74. The first-order valence-electron chi connectivity index (χ1n) is 21.0. The van der Waals surface area contributed by atoms with Gasteiger partial charge in [0.15, 0.2) is 0 Å². The highest BCUT2D eigenvalue weighted by atomic mass is 79.9. The number of imide groups is 1. The van der Waals surface area contributed by atoms with Crippen LogP contribution in [0.4, 0.5) is 42.0 Å². The van der Waals surface area contributed by atoms with E-state index in [1.165, 1.54) is 36.5 Å². The van der Waals surface area contributed by atoms with E-state index in [-0.39, 0.29) is 35.3 Å². The number of piperazine rings is 1. The first-order valence-corrected chi connectivity index (χ1v) is 23.6. The van der Waals surface area contributed by atoms with E-state index in [1.807, 2.05) is 6.07 Å². The molecule has 3 saturated heterocycles. The van der Waals surface area contributed by atoms with E-state index < -0.39 is 45.2 Å². The molecule has 19 heteroatoms. The maximum Gasteiger partial charge on any atom is 0.236 e. The lowest BCUT2D eigenvalue weighted by atomic mass is 9.89. The van der Waals surface area contributed by atoms with Crippen LogP contribution in [0.5, 0.6) is 5.75 Å². The van der Waals surface area contributed by atoms with Crippen molar-refractivity contribution in [2.45, 2.75) is 57.4 Å². The van der Waals surface area contributed by atoms with Gasteiger partial charge in [0.25, 0.3) is 0 Å². The minimum Gasteiger partial charge on any atom is -0.494 e. The number of fused-ring (bicyclic) bond motifs is 1. The molecule has 0 saturated carbocycles. The molecule has 3 fully saturated rings. The third-order valence-corrected chi connectivity index (χ3v) is 13.9. The fraction of sp³-hybridized carbons (Fsp3) is 0.409. The third-order valence-electron chi connectivity index (χ3n) is 12.3. The quantitative estimate of drug-likeness (QED) is 0.106. The molecule has 1 unspecified atom stereocenters. The van der Waals surface area contributed by atoms with Crippen molar-refractivity contribution in [2.75, 3.05) is 74.7 Å². The summed E-state index contributed by atoms with van der Waals surface area (Å²) in [5, 5.41) is 8.78. The van der Waals surface area contributed by atoms with Gasteiger partial charge in [-0.2, -0.15) is 4.98 Å². The molecule has 1 atom stereocenters. The molecule has 2 aromatic heterocycles. The van der Waals surface area contributed by atoms with Crippen molar-refractivity contribution in [3.05, 3.63) is 93.5 Å². The number of ether oxygens (including phenoxy) is 1. The molecule has 5 aromatic rings. The number of rotatable bonds is 13. The highest BCUT2D eigenvalue weighted by Crippen LogP contribution is 2.38. The van der Waals surface area contributed by atoms with Gasteiger partial charge in [-0.1, -0.05) is 6.92 Å². The Morgan fingerprint density at radius 1 is 0.921 bits per heavy atom. The van der Waals surface area contributed by atoms with Gasteiger partial charge in [-0.25, -0.2) is 30.5 Å². The zero-order valence-electron chi connectivity index (χ0n) is 35.2. The van der Waals surface area contributed by atoms with Crippen LogP contribution >= 0.6 is 15.9 Å². The predicted octanol–water partition coefficient (Wildman–Crippen LogP) is 6.83. The van der Waals surface area contributed by atoms with Gasteiger partial charge >= 0.3 is 0 Å². The number of aryl methyl sites for hydroxylation is 1. The van der Waals surface area contributed by atoms with Gasteiger partial charge in [0.05, 0.1) is 40.6 Å². The number of halogens is 4. The van der Waals surface area contributed by atoms with Gasteiger partial charge in [0.1, 0.15) is 29.0 Å². The lowest BCUT2D eigenvalue weighted by Gasteiger charge is -2.43. The summed E-state index contributed by atoms with van der Waals surface area (Å²) in [4.78, 5) is 40.2. The Kier molecular flexibility index (Phi) is 13.0. The van der Waals surface area contributed by atoms with Crippen LogP contribution in [0.1, 0.15) is 55.2 Å². The van der Waals surface area contributed by atoms with Crippen molar-refractivity contribution in [1.29, 1.82) is 0 Å².